The van der Waals surface area contributed by atoms with Crippen LogP contribution < -0.4 is 0 Å². The zero-order valence-electron chi connectivity index (χ0n) is 8.29. The molecule has 0 saturated heterocycles. The summed E-state index contributed by atoms with van der Waals surface area (Å²) in [5, 5.41) is 0. The average Bonchev–Trinajstić information content (AvgIpc) is 1.98. The van der Waals surface area contributed by atoms with Crippen molar-refractivity contribution in [3.63, 3.8) is 0 Å². The maximum atomic E-state index is 11.2. The lowest BCUT2D eigenvalue weighted by molar-refractivity contribution is -0.127. The van der Waals surface area contributed by atoms with Crippen LogP contribution in [0.4, 0.5) is 0 Å². The summed E-state index contributed by atoms with van der Waals surface area (Å²) < 4.78 is 0. The Hall–Kier alpha value is -0.970. The molecule has 0 saturated carbocycles. The topological polar surface area (TPSA) is 20.3 Å². The van der Waals surface area contributed by atoms with E-state index in [1.165, 1.54) is 0 Å². The standard InChI is InChI=1S/C10H17NO/c1-6-10(12)11(9(4)5)7-8(2)3/h1,8-9H,7H2,2-5H3. The first-order chi connectivity index (χ1) is 5.49. The molecular weight excluding hydrogens is 150 g/mol. The fourth-order valence-electron chi connectivity index (χ4n) is 1.00. The Morgan fingerprint density at radius 3 is 2.17 bits per heavy atom. The van der Waals surface area contributed by atoms with E-state index in [-0.39, 0.29) is 11.9 Å². The minimum Gasteiger partial charge on any atom is -0.329 e. The summed E-state index contributed by atoms with van der Waals surface area (Å²) in [4.78, 5) is 12.9. The lowest BCUT2D eigenvalue weighted by Crippen LogP contribution is -2.38. The molecule has 0 spiro atoms. The third-order valence-corrected chi connectivity index (χ3v) is 1.57. The Bertz CT molecular complexity index is 189. The van der Waals surface area contributed by atoms with E-state index in [1.807, 2.05) is 13.8 Å². The van der Waals surface area contributed by atoms with Crippen LogP contribution in [0.2, 0.25) is 0 Å². The van der Waals surface area contributed by atoms with Gasteiger partial charge in [-0.3, -0.25) is 4.79 Å². The summed E-state index contributed by atoms with van der Waals surface area (Å²) in [5.74, 6) is 2.39. The highest BCUT2D eigenvalue weighted by Gasteiger charge is 2.15. The number of carbonyl (C=O) groups is 1. The van der Waals surface area contributed by atoms with Crippen molar-refractivity contribution in [2.24, 2.45) is 5.92 Å². The lowest BCUT2D eigenvalue weighted by atomic mass is 10.2. The third kappa shape index (κ3) is 3.43. The summed E-state index contributed by atoms with van der Waals surface area (Å²) >= 11 is 0. The van der Waals surface area contributed by atoms with Gasteiger partial charge in [0.15, 0.2) is 0 Å². The van der Waals surface area contributed by atoms with Crippen LogP contribution in [0.3, 0.4) is 0 Å². The number of terminal acetylenes is 1. The van der Waals surface area contributed by atoms with E-state index in [9.17, 15) is 4.79 Å². The van der Waals surface area contributed by atoms with Gasteiger partial charge in [0.05, 0.1) is 0 Å². The highest BCUT2D eigenvalue weighted by atomic mass is 16.2. The number of rotatable bonds is 3. The first-order valence-corrected chi connectivity index (χ1v) is 4.26. The molecule has 1 amide bonds. The van der Waals surface area contributed by atoms with E-state index in [2.05, 4.69) is 19.8 Å². The van der Waals surface area contributed by atoms with Crippen LogP contribution in [-0.4, -0.2) is 23.4 Å². The zero-order valence-corrected chi connectivity index (χ0v) is 8.29. The predicted octanol–water partition coefficient (Wildman–Crippen LogP) is 1.51. The molecule has 2 nitrogen and oxygen atoms in total. The Morgan fingerprint density at radius 2 is 1.92 bits per heavy atom. The lowest BCUT2D eigenvalue weighted by Gasteiger charge is -2.26. The molecule has 0 fully saturated rings. The van der Waals surface area contributed by atoms with E-state index >= 15 is 0 Å². The molecule has 0 bridgehead atoms. The van der Waals surface area contributed by atoms with E-state index in [4.69, 9.17) is 6.42 Å². The average molecular weight is 167 g/mol. The van der Waals surface area contributed by atoms with Crippen LogP contribution >= 0.6 is 0 Å². The Morgan fingerprint density at radius 1 is 1.42 bits per heavy atom. The third-order valence-electron chi connectivity index (χ3n) is 1.57. The van der Waals surface area contributed by atoms with Gasteiger partial charge in [0.1, 0.15) is 0 Å². The molecule has 0 unspecified atom stereocenters. The normalized spacial score (nSPS) is 10.1. The molecule has 0 radical (unpaired) electrons. The molecule has 0 aliphatic carbocycles. The molecular formula is C10H17NO. The Kier molecular flexibility index (Phi) is 4.43. The Labute approximate surface area is 74.9 Å². The van der Waals surface area contributed by atoms with Gasteiger partial charge in [0.2, 0.25) is 0 Å². The van der Waals surface area contributed by atoms with Crippen molar-refractivity contribution in [2.45, 2.75) is 33.7 Å². The maximum Gasteiger partial charge on any atom is 0.298 e. The van der Waals surface area contributed by atoms with E-state index < -0.39 is 0 Å². The molecule has 0 aliphatic heterocycles. The highest BCUT2D eigenvalue weighted by Crippen LogP contribution is 2.03. The second-order valence-corrected chi connectivity index (χ2v) is 3.59. The second kappa shape index (κ2) is 4.82. The smallest absolute Gasteiger partial charge is 0.298 e. The first kappa shape index (κ1) is 11.0. The van der Waals surface area contributed by atoms with Gasteiger partial charge in [-0.05, 0) is 25.7 Å². The molecule has 0 aliphatic rings. The molecule has 2 heteroatoms. The van der Waals surface area contributed by atoms with Gasteiger partial charge in [0.25, 0.3) is 5.91 Å². The number of hydrogen-bond donors (Lipinski definition) is 0. The highest BCUT2D eigenvalue weighted by molar-refractivity contribution is 5.93. The largest absolute Gasteiger partial charge is 0.329 e. The van der Waals surface area contributed by atoms with Crippen molar-refractivity contribution in [3.05, 3.63) is 0 Å². The number of carbonyl (C=O) groups excluding carboxylic acids is 1. The van der Waals surface area contributed by atoms with Crippen LogP contribution in [0.5, 0.6) is 0 Å². The quantitative estimate of drug-likeness (QED) is 0.583. The molecule has 0 aromatic rings. The van der Waals surface area contributed by atoms with E-state index in [0.717, 1.165) is 6.54 Å². The summed E-state index contributed by atoms with van der Waals surface area (Å²) in [6.07, 6.45) is 5.05. The Balaban J connectivity index is 4.26. The van der Waals surface area contributed by atoms with Crippen molar-refractivity contribution in [1.29, 1.82) is 0 Å². The molecule has 0 rings (SSSR count). The van der Waals surface area contributed by atoms with Crippen LogP contribution in [0, 0.1) is 18.3 Å². The van der Waals surface area contributed by atoms with Crippen LogP contribution in [0.1, 0.15) is 27.7 Å². The molecule has 0 N–H and O–H groups in total. The van der Waals surface area contributed by atoms with E-state index in [1.54, 1.807) is 4.90 Å². The fraction of sp³-hybridized carbons (Fsp3) is 0.700. The van der Waals surface area contributed by atoms with Gasteiger partial charge in [-0.1, -0.05) is 13.8 Å². The van der Waals surface area contributed by atoms with E-state index in [0.29, 0.717) is 5.92 Å². The van der Waals surface area contributed by atoms with Crippen LogP contribution in [0.15, 0.2) is 0 Å². The minimum absolute atomic E-state index is 0.191. The van der Waals surface area contributed by atoms with Crippen molar-refractivity contribution >= 4 is 5.91 Å². The maximum absolute atomic E-state index is 11.2. The first-order valence-electron chi connectivity index (χ1n) is 4.26. The summed E-state index contributed by atoms with van der Waals surface area (Å²) in [6.45, 7) is 8.81. The summed E-state index contributed by atoms with van der Waals surface area (Å²) in [7, 11) is 0. The molecule has 0 aromatic carbocycles. The van der Waals surface area contributed by atoms with Gasteiger partial charge in [-0.25, -0.2) is 0 Å². The molecule has 12 heavy (non-hydrogen) atoms. The van der Waals surface area contributed by atoms with Gasteiger partial charge in [0, 0.05) is 12.6 Å². The predicted molar refractivity (Wildman–Crippen MR) is 50.5 cm³/mol. The second-order valence-electron chi connectivity index (χ2n) is 3.59. The van der Waals surface area contributed by atoms with Gasteiger partial charge in [-0.15, -0.1) is 6.42 Å². The van der Waals surface area contributed by atoms with Crippen LogP contribution in [-0.2, 0) is 4.79 Å². The van der Waals surface area contributed by atoms with Crippen molar-refractivity contribution in [1.82, 2.24) is 4.90 Å². The van der Waals surface area contributed by atoms with Gasteiger partial charge >= 0.3 is 0 Å². The van der Waals surface area contributed by atoms with Gasteiger partial charge in [-0.2, -0.15) is 0 Å². The zero-order chi connectivity index (χ0) is 9.72. The summed E-state index contributed by atoms with van der Waals surface area (Å²) in [5.41, 5.74) is 0. The fourth-order valence-corrected chi connectivity index (χ4v) is 1.00. The monoisotopic (exact) mass is 167 g/mol. The number of hydrogen-bond acceptors (Lipinski definition) is 1. The molecule has 68 valence electrons. The molecule has 0 aromatic heterocycles. The van der Waals surface area contributed by atoms with Gasteiger partial charge < -0.3 is 4.90 Å². The van der Waals surface area contributed by atoms with Crippen molar-refractivity contribution < 1.29 is 4.79 Å². The van der Waals surface area contributed by atoms with Crippen LogP contribution in [0.25, 0.3) is 0 Å². The SMILES string of the molecule is C#CC(=O)N(CC(C)C)C(C)C. The molecule has 0 heterocycles. The minimum atomic E-state index is -0.210. The molecule has 0 atom stereocenters. The van der Waals surface area contributed by atoms with Crippen molar-refractivity contribution in [2.75, 3.05) is 6.54 Å². The number of nitrogens with zero attached hydrogens (tertiary/aromatic N) is 1. The van der Waals surface area contributed by atoms with Crippen molar-refractivity contribution in [3.8, 4) is 12.3 Å². The number of amides is 1. The summed E-state index contributed by atoms with van der Waals surface area (Å²) in [6, 6.07) is 0.191.